The molecule has 0 amide bonds. The van der Waals surface area contributed by atoms with Crippen LogP contribution in [0.5, 0.6) is 11.5 Å². The molecular formula is C22H19BrClNO2. The second-order valence-corrected chi connectivity index (χ2v) is 7.00. The van der Waals surface area contributed by atoms with Gasteiger partial charge >= 0.3 is 0 Å². The van der Waals surface area contributed by atoms with Crippen molar-refractivity contribution >= 4 is 39.4 Å². The molecule has 0 unspecified atom stereocenters. The maximum atomic E-state index is 6.22. The van der Waals surface area contributed by atoms with Crippen LogP contribution in [0.15, 0.2) is 76.2 Å². The van der Waals surface area contributed by atoms with Crippen LogP contribution >= 0.6 is 27.5 Å². The molecule has 0 aliphatic carbocycles. The Balaban J connectivity index is 1.83. The Hall–Kier alpha value is -2.30. The lowest BCUT2D eigenvalue weighted by Gasteiger charge is -2.15. The summed E-state index contributed by atoms with van der Waals surface area (Å²) in [6.45, 7) is 2.83. The number of para-hydroxylation sites is 1. The highest BCUT2D eigenvalue weighted by Crippen LogP contribution is 2.37. The molecule has 3 aromatic carbocycles. The molecule has 3 rings (SSSR count). The van der Waals surface area contributed by atoms with Crippen molar-refractivity contribution < 1.29 is 9.47 Å². The zero-order valence-corrected chi connectivity index (χ0v) is 17.2. The van der Waals surface area contributed by atoms with Crippen LogP contribution in [0.25, 0.3) is 0 Å². The van der Waals surface area contributed by atoms with Crippen molar-refractivity contribution in [3.05, 3.63) is 87.4 Å². The van der Waals surface area contributed by atoms with Crippen molar-refractivity contribution in [2.45, 2.75) is 13.5 Å². The Morgan fingerprint density at radius 3 is 2.48 bits per heavy atom. The summed E-state index contributed by atoms with van der Waals surface area (Å²) >= 11 is 9.80. The second kappa shape index (κ2) is 9.58. The highest BCUT2D eigenvalue weighted by molar-refractivity contribution is 9.10. The summed E-state index contributed by atoms with van der Waals surface area (Å²) in [4.78, 5) is 4.49. The molecule has 5 heteroatoms. The number of aliphatic imine (C=N–C) groups is 1. The Morgan fingerprint density at radius 2 is 1.74 bits per heavy atom. The van der Waals surface area contributed by atoms with Gasteiger partial charge in [-0.05, 0) is 58.7 Å². The topological polar surface area (TPSA) is 30.8 Å². The van der Waals surface area contributed by atoms with Gasteiger partial charge in [-0.2, -0.15) is 0 Å². The Morgan fingerprint density at radius 1 is 1.00 bits per heavy atom. The molecule has 0 spiro atoms. The fraction of sp³-hybridized carbons (Fsp3) is 0.136. The van der Waals surface area contributed by atoms with E-state index in [9.17, 15) is 0 Å². The standard InChI is InChI=1S/C22H19BrClNO2/c1-2-26-21-13-16(14-25-18-9-4-3-5-10-18)12-19(23)22(21)27-15-17-8-6-7-11-20(17)24/h3-14H,2,15H2,1H3. The third-order valence-electron chi connectivity index (χ3n) is 3.78. The fourth-order valence-electron chi connectivity index (χ4n) is 2.49. The van der Waals surface area contributed by atoms with Crippen LogP contribution in [-0.2, 0) is 6.61 Å². The van der Waals surface area contributed by atoms with E-state index < -0.39 is 0 Å². The molecule has 0 aliphatic rings. The second-order valence-electron chi connectivity index (χ2n) is 5.74. The van der Waals surface area contributed by atoms with E-state index in [-0.39, 0.29) is 0 Å². The van der Waals surface area contributed by atoms with Gasteiger partial charge in [0.2, 0.25) is 0 Å². The highest BCUT2D eigenvalue weighted by Gasteiger charge is 2.13. The highest BCUT2D eigenvalue weighted by atomic mass is 79.9. The minimum absolute atomic E-state index is 0.357. The molecule has 0 aromatic heterocycles. The van der Waals surface area contributed by atoms with Gasteiger partial charge in [-0.3, -0.25) is 4.99 Å². The molecule has 0 bridgehead atoms. The third kappa shape index (κ3) is 5.34. The number of ether oxygens (including phenoxy) is 2. The lowest BCUT2D eigenvalue weighted by Crippen LogP contribution is -2.02. The molecule has 0 atom stereocenters. The van der Waals surface area contributed by atoms with E-state index in [1.807, 2.05) is 73.7 Å². The van der Waals surface area contributed by atoms with Crippen LogP contribution in [0.3, 0.4) is 0 Å². The zero-order valence-electron chi connectivity index (χ0n) is 14.9. The summed E-state index contributed by atoms with van der Waals surface area (Å²) < 4.78 is 12.6. The maximum absolute atomic E-state index is 6.22. The van der Waals surface area contributed by atoms with Crippen LogP contribution < -0.4 is 9.47 Å². The average molecular weight is 445 g/mol. The quantitative estimate of drug-likeness (QED) is 0.374. The van der Waals surface area contributed by atoms with Crippen molar-refractivity contribution in [3.63, 3.8) is 0 Å². The van der Waals surface area contributed by atoms with Crippen LogP contribution in [0.1, 0.15) is 18.1 Å². The minimum Gasteiger partial charge on any atom is -0.490 e. The molecule has 0 N–H and O–H groups in total. The van der Waals surface area contributed by atoms with Crippen molar-refractivity contribution in [2.75, 3.05) is 6.61 Å². The predicted molar refractivity (Wildman–Crippen MR) is 115 cm³/mol. The summed E-state index contributed by atoms with van der Waals surface area (Å²) in [5.41, 5.74) is 2.73. The van der Waals surface area contributed by atoms with Crippen molar-refractivity contribution in [3.8, 4) is 11.5 Å². The lowest BCUT2D eigenvalue weighted by molar-refractivity contribution is 0.267. The predicted octanol–water partition coefficient (Wildman–Crippen LogP) is 6.83. The molecule has 0 saturated carbocycles. The van der Waals surface area contributed by atoms with E-state index in [4.69, 9.17) is 21.1 Å². The number of hydrogen-bond donors (Lipinski definition) is 0. The van der Waals surface area contributed by atoms with E-state index in [2.05, 4.69) is 20.9 Å². The van der Waals surface area contributed by atoms with Gasteiger partial charge in [-0.25, -0.2) is 0 Å². The van der Waals surface area contributed by atoms with Gasteiger partial charge < -0.3 is 9.47 Å². The molecular weight excluding hydrogens is 426 g/mol. The third-order valence-corrected chi connectivity index (χ3v) is 4.74. The normalized spacial score (nSPS) is 10.9. The number of nitrogens with zero attached hydrogens (tertiary/aromatic N) is 1. The van der Waals surface area contributed by atoms with Crippen molar-refractivity contribution in [1.82, 2.24) is 0 Å². The Bertz CT molecular complexity index is 929. The van der Waals surface area contributed by atoms with E-state index in [0.29, 0.717) is 29.7 Å². The van der Waals surface area contributed by atoms with E-state index in [0.717, 1.165) is 21.3 Å². The van der Waals surface area contributed by atoms with E-state index >= 15 is 0 Å². The van der Waals surface area contributed by atoms with Crippen LogP contribution in [0, 0.1) is 0 Å². The number of rotatable bonds is 7. The molecule has 0 fully saturated rings. The van der Waals surface area contributed by atoms with Crippen LogP contribution in [-0.4, -0.2) is 12.8 Å². The first-order chi connectivity index (χ1) is 13.2. The first kappa shape index (κ1) is 19.5. The van der Waals surface area contributed by atoms with Crippen LogP contribution in [0.4, 0.5) is 5.69 Å². The zero-order chi connectivity index (χ0) is 19.1. The summed E-state index contributed by atoms with van der Waals surface area (Å²) in [5.74, 6) is 1.31. The number of hydrogen-bond acceptors (Lipinski definition) is 3. The molecule has 0 saturated heterocycles. The molecule has 3 aromatic rings. The number of benzene rings is 3. The molecule has 0 heterocycles. The van der Waals surface area contributed by atoms with Crippen molar-refractivity contribution in [2.24, 2.45) is 4.99 Å². The van der Waals surface area contributed by atoms with E-state index in [1.165, 1.54) is 0 Å². The first-order valence-corrected chi connectivity index (χ1v) is 9.76. The largest absolute Gasteiger partial charge is 0.490 e. The molecule has 0 radical (unpaired) electrons. The van der Waals surface area contributed by atoms with Crippen molar-refractivity contribution in [1.29, 1.82) is 0 Å². The van der Waals surface area contributed by atoms with Gasteiger partial charge in [0.15, 0.2) is 11.5 Å². The summed E-state index contributed by atoms with van der Waals surface area (Å²) in [6.07, 6.45) is 1.81. The first-order valence-electron chi connectivity index (χ1n) is 8.59. The molecule has 27 heavy (non-hydrogen) atoms. The van der Waals surface area contributed by atoms with Crippen LogP contribution in [0.2, 0.25) is 5.02 Å². The lowest BCUT2D eigenvalue weighted by atomic mass is 10.2. The van der Waals surface area contributed by atoms with E-state index in [1.54, 1.807) is 6.21 Å². The van der Waals surface area contributed by atoms with Gasteiger partial charge in [0.25, 0.3) is 0 Å². The SMILES string of the molecule is CCOc1cc(C=Nc2ccccc2)cc(Br)c1OCc1ccccc1Cl. The average Bonchev–Trinajstić information content (AvgIpc) is 2.68. The summed E-state index contributed by atoms with van der Waals surface area (Å²) in [6, 6.07) is 21.3. The molecule has 3 nitrogen and oxygen atoms in total. The van der Waals surface area contributed by atoms with Gasteiger partial charge in [-0.1, -0.05) is 48.0 Å². The Kier molecular flexibility index (Phi) is 6.91. The van der Waals surface area contributed by atoms with Gasteiger partial charge in [0, 0.05) is 16.8 Å². The smallest absolute Gasteiger partial charge is 0.175 e. The molecule has 138 valence electrons. The van der Waals surface area contributed by atoms with Gasteiger partial charge in [0.1, 0.15) is 6.61 Å². The summed E-state index contributed by atoms with van der Waals surface area (Å²) in [7, 11) is 0. The number of halogens is 2. The maximum Gasteiger partial charge on any atom is 0.175 e. The van der Waals surface area contributed by atoms with Gasteiger partial charge in [-0.15, -0.1) is 0 Å². The monoisotopic (exact) mass is 443 g/mol. The summed E-state index contributed by atoms with van der Waals surface area (Å²) in [5, 5.41) is 0.679. The Labute approximate surface area is 172 Å². The minimum atomic E-state index is 0.357. The molecule has 0 aliphatic heterocycles. The van der Waals surface area contributed by atoms with Gasteiger partial charge in [0.05, 0.1) is 16.8 Å². The fourth-order valence-corrected chi connectivity index (χ4v) is 3.26.